The van der Waals surface area contributed by atoms with Gasteiger partial charge in [0.2, 0.25) is 0 Å². The molecule has 0 spiro atoms. The summed E-state index contributed by atoms with van der Waals surface area (Å²) in [5.74, 6) is 0. The molecule has 0 aromatic rings. The van der Waals surface area contributed by atoms with Gasteiger partial charge in [-0.25, -0.2) is 0 Å². The fourth-order valence-corrected chi connectivity index (χ4v) is 1.37. The van der Waals surface area contributed by atoms with Crippen LogP contribution in [-0.2, 0) is 0 Å². The Labute approximate surface area is 83.5 Å². The van der Waals surface area contributed by atoms with E-state index in [4.69, 9.17) is 0 Å². The van der Waals surface area contributed by atoms with Gasteiger partial charge in [-0.05, 0) is 0 Å². The first-order chi connectivity index (χ1) is 2.41. The number of hydrogen-bond acceptors (Lipinski definition) is 0. The zero-order chi connectivity index (χ0) is 4.12. The minimum Gasteiger partial charge on any atom is -0.147 e. The molecule has 0 N–H and O–H groups in total. The molecule has 0 aromatic carbocycles. The Kier molecular flexibility index (Phi) is 66.1. The van der Waals surface area contributed by atoms with Crippen molar-refractivity contribution in [2.75, 3.05) is 0 Å². The first kappa shape index (κ1) is 22.6. The van der Waals surface area contributed by atoms with Crippen LogP contribution in [0.3, 0.4) is 0 Å². The fourth-order valence-electron chi connectivity index (χ4n) is 0.204. The topological polar surface area (TPSA) is 0 Å². The van der Waals surface area contributed by atoms with E-state index in [0.717, 1.165) is 0 Å². The summed E-state index contributed by atoms with van der Waals surface area (Å²) >= 11 is 1.45. The van der Waals surface area contributed by atoms with E-state index in [-0.39, 0.29) is 37.2 Å². The van der Waals surface area contributed by atoms with Gasteiger partial charge in [0, 0.05) is 0 Å². The molecule has 0 saturated carbocycles. The molecule has 0 fully saturated rings. The van der Waals surface area contributed by atoms with Gasteiger partial charge in [0.15, 0.2) is 0 Å². The Morgan fingerprint density at radius 3 is 1.50 bits per heavy atom. The number of halogens is 3. The first-order valence-corrected chi connectivity index (χ1v) is 4.45. The molecule has 0 nitrogen and oxygen atoms in total. The first-order valence-electron chi connectivity index (χ1n) is 2.12. The van der Waals surface area contributed by atoms with Crippen LogP contribution in [0.2, 0.25) is 4.44 Å². The SMILES string of the molecule is CCC[CH2][SnH].Cl.Cl.Cl. The molecule has 2 radical (unpaired) electrons. The van der Waals surface area contributed by atoms with Crippen molar-refractivity contribution in [3.63, 3.8) is 0 Å². The maximum absolute atomic E-state index is 2.23. The van der Waals surface area contributed by atoms with Crippen LogP contribution in [0, 0.1) is 0 Å². The average Bonchev–Trinajstić information content (AvgIpc) is 1.41. The van der Waals surface area contributed by atoms with Crippen LogP contribution in [-0.4, -0.2) is 22.5 Å². The predicted molar refractivity (Wildman–Crippen MR) is 48.6 cm³/mol. The van der Waals surface area contributed by atoms with Crippen LogP contribution in [0.25, 0.3) is 0 Å². The molecule has 0 aliphatic carbocycles. The zero-order valence-corrected chi connectivity index (χ0v) is 10.7. The van der Waals surface area contributed by atoms with Crippen molar-refractivity contribution in [1.82, 2.24) is 0 Å². The Bertz CT molecular complexity index is 18.8. The van der Waals surface area contributed by atoms with Crippen molar-refractivity contribution in [3.8, 4) is 0 Å². The summed E-state index contributed by atoms with van der Waals surface area (Å²) in [6.45, 7) is 2.23. The van der Waals surface area contributed by atoms with E-state index in [1.54, 1.807) is 0 Å². The van der Waals surface area contributed by atoms with Gasteiger partial charge in [0.1, 0.15) is 0 Å². The van der Waals surface area contributed by atoms with Crippen LogP contribution in [0.5, 0.6) is 0 Å². The number of rotatable bonds is 2. The summed E-state index contributed by atoms with van der Waals surface area (Å²) in [7, 11) is 0. The minimum absolute atomic E-state index is 0. The van der Waals surface area contributed by atoms with Crippen molar-refractivity contribution in [2.24, 2.45) is 0 Å². The van der Waals surface area contributed by atoms with Crippen molar-refractivity contribution >= 4 is 59.7 Å². The molecular weight excluding hydrogens is 273 g/mol. The van der Waals surface area contributed by atoms with Crippen molar-refractivity contribution in [2.45, 2.75) is 24.2 Å². The molecule has 0 unspecified atom stereocenters. The molecule has 0 aromatic heterocycles. The smallest absolute Gasteiger partial charge is 0.147 e. The molecule has 4 heteroatoms. The molecule has 0 atom stereocenters. The molecule has 0 aliphatic rings. The third-order valence-electron chi connectivity index (χ3n) is 0.558. The largest absolute Gasteiger partial charge is 0.147 e. The third kappa shape index (κ3) is 25.3. The van der Waals surface area contributed by atoms with E-state index in [9.17, 15) is 0 Å². The maximum Gasteiger partial charge on any atom is -0.147 e. The second-order valence-corrected chi connectivity index (χ2v) is 2.79. The second kappa shape index (κ2) is 23.4. The summed E-state index contributed by atoms with van der Waals surface area (Å²) in [4.78, 5) is 0. The van der Waals surface area contributed by atoms with Crippen LogP contribution < -0.4 is 0 Å². The molecule has 0 saturated heterocycles. The van der Waals surface area contributed by atoms with Crippen molar-refractivity contribution in [1.29, 1.82) is 0 Å². The Hall–Kier alpha value is 1.67. The van der Waals surface area contributed by atoms with E-state index in [0.29, 0.717) is 0 Å². The Morgan fingerprint density at radius 1 is 1.12 bits per heavy atom. The summed E-state index contributed by atoms with van der Waals surface area (Å²) in [5.41, 5.74) is 0. The Morgan fingerprint density at radius 2 is 1.50 bits per heavy atom. The minimum atomic E-state index is 0. The van der Waals surface area contributed by atoms with Crippen LogP contribution >= 0.6 is 37.2 Å². The van der Waals surface area contributed by atoms with E-state index >= 15 is 0 Å². The fraction of sp³-hybridized carbons (Fsp3) is 1.00. The maximum atomic E-state index is 2.23. The van der Waals surface area contributed by atoms with Gasteiger partial charge in [-0.3, -0.25) is 0 Å². The zero-order valence-electron chi connectivity index (χ0n) is 4.92. The summed E-state index contributed by atoms with van der Waals surface area (Å²) in [5, 5.41) is 0. The van der Waals surface area contributed by atoms with Crippen LogP contribution in [0.1, 0.15) is 19.8 Å². The quantitative estimate of drug-likeness (QED) is 0.684. The molecule has 8 heavy (non-hydrogen) atoms. The summed E-state index contributed by atoms with van der Waals surface area (Å²) < 4.78 is 1.47. The van der Waals surface area contributed by atoms with Gasteiger partial charge in [0.25, 0.3) is 0 Å². The molecule has 0 amide bonds. The summed E-state index contributed by atoms with van der Waals surface area (Å²) in [6, 6.07) is 0. The van der Waals surface area contributed by atoms with Crippen molar-refractivity contribution < 1.29 is 0 Å². The van der Waals surface area contributed by atoms with E-state index in [2.05, 4.69) is 6.92 Å². The van der Waals surface area contributed by atoms with Gasteiger partial charge in [-0.1, -0.05) is 0 Å². The van der Waals surface area contributed by atoms with Crippen LogP contribution in [0.4, 0.5) is 0 Å². The standard InChI is InChI=1S/C4H9.3ClH.Sn.H/c1-3-4-2;;;;;/h1,3-4H2,2H3;3*1H;;. The van der Waals surface area contributed by atoms with Gasteiger partial charge in [0.05, 0.1) is 0 Å². The Balaban J connectivity index is -0.0000000267. The van der Waals surface area contributed by atoms with Crippen molar-refractivity contribution in [3.05, 3.63) is 0 Å². The normalized spacial score (nSPS) is 5.25. The molecule has 54 valence electrons. The molecule has 0 bridgehead atoms. The summed E-state index contributed by atoms with van der Waals surface area (Å²) in [6.07, 6.45) is 2.82. The second-order valence-electron chi connectivity index (χ2n) is 1.14. The van der Waals surface area contributed by atoms with Gasteiger partial charge < -0.3 is 0 Å². The van der Waals surface area contributed by atoms with Gasteiger partial charge >= 0.3 is 46.7 Å². The predicted octanol–water partition coefficient (Wildman–Crippen LogP) is 2.37. The third-order valence-corrected chi connectivity index (χ3v) is 1.72. The average molecular weight is 286 g/mol. The van der Waals surface area contributed by atoms with Gasteiger partial charge in [-0.2, -0.15) is 0 Å². The van der Waals surface area contributed by atoms with E-state index < -0.39 is 0 Å². The van der Waals surface area contributed by atoms with E-state index in [1.807, 2.05) is 0 Å². The molecule has 0 rings (SSSR count). The monoisotopic (exact) mass is 286 g/mol. The van der Waals surface area contributed by atoms with Gasteiger partial charge in [-0.15, -0.1) is 37.2 Å². The number of unbranched alkanes of at least 4 members (excludes halogenated alkanes) is 1. The van der Waals surface area contributed by atoms with Crippen LogP contribution in [0.15, 0.2) is 0 Å². The van der Waals surface area contributed by atoms with E-state index in [1.165, 1.54) is 39.8 Å². The molecule has 0 aliphatic heterocycles. The molecular formula is C4H13Cl3Sn. The molecule has 0 heterocycles. The number of hydrogen-bond donors (Lipinski definition) is 0.